The first-order chi connectivity index (χ1) is 18.1. The summed E-state index contributed by atoms with van der Waals surface area (Å²) < 4.78 is 0. The molecule has 38 heavy (non-hydrogen) atoms. The lowest BCUT2D eigenvalue weighted by Crippen LogP contribution is -2.42. The van der Waals surface area contributed by atoms with Crippen molar-refractivity contribution in [3.05, 3.63) is 113 Å². The van der Waals surface area contributed by atoms with Gasteiger partial charge in [-0.25, -0.2) is 0 Å². The molecule has 1 aliphatic rings. The first-order valence-corrected chi connectivity index (χ1v) is 13.0. The van der Waals surface area contributed by atoms with E-state index in [1.807, 2.05) is 67.6 Å². The molecule has 0 spiro atoms. The minimum Gasteiger partial charge on any atom is -0.308 e. The number of rotatable bonds is 6. The van der Waals surface area contributed by atoms with Crippen molar-refractivity contribution in [1.82, 2.24) is 4.90 Å². The van der Waals surface area contributed by atoms with E-state index >= 15 is 0 Å². The van der Waals surface area contributed by atoms with Crippen LogP contribution in [-0.4, -0.2) is 35.7 Å². The highest BCUT2D eigenvalue weighted by atomic mass is 16.2. The zero-order valence-electron chi connectivity index (χ0n) is 22.3. The molecule has 0 fully saturated rings. The van der Waals surface area contributed by atoms with Gasteiger partial charge < -0.3 is 4.90 Å². The van der Waals surface area contributed by atoms with Crippen LogP contribution in [0.1, 0.15) is 69.4 Å². The molecule has 3 amide bonds. The van der Waals surface area contributed by atoms with Gasteiger partial charge in [0, 0.05) is 40.9 Å². The molecule has 5 nitrogen and oxygen atoms in total. The van der Waals surface area contributed by atoms with E-state index in [1.165, 1.54) is 10.5 Å². The molecule has 0 atom stereocenters. The van der Waals surface area contributed by atoms with Gasteiger partial charge in [-0.15, -0.1) is 0 Å². The maximum Gasteiger partial charge on any atom is 0.261 e. The third-order valence-corrected chi connectivity index (χ3v) is 7.21. The average molecular weight is 505 g/mol. The van der Waals surface area contributed by atoms with E-state index in [1.54, 1.807) is 17.0 Å². The molecule has 5 rings (SSSR count). The van der Waals surface area contributed by atoms with Crippen LogP contribution in [0.4, 0.5) is 5.69 Å². The number of hydrogen-bond donors (Lipinski definition) is 0. The van der Waals surface area contributed by atoms with Crippen LogP contribution in [0, 0.1) is 6.92 Å². The van der Waals surface area contributed by atoms with Crippen molar-refractivity contribution < 1.29 is 14.4 Å². The molecule has 0 unspecified atom stereocenters. The summed E-state index contributed by atoms with van der Waals surface area (Å²) >= 11 is 0. The lowest BCUT2D eigenvalue weighted by molar-refractivity contribution is 0.0610. The number of amides is 3. The van der Waals surface area contributed by atoms with E-state index < -0.39 is 0 Å². The minimum atomic E-state index is -0.287. The maximum absolute atomic E-state index is 13.6. The molecule has 0 saturated carbocycles. The van der Waals surface area contributed by atoms with Gasteiger partial charge >= 0.3 is 0 Å². The summed E-state index contributed by atoms with van der Waals surface area (Å²) in [7, 11) is 0. The van der Waals surface area contributed by atoms with Crippen molar-refractivity contribution in [3.63, 3.8) is 0 Å². The molecular weight excluding hydrogens is 472 g/mol. The third kappa shape index (κ3) is 4.72. The van der Waals surface area contributed by atoms with Gasteiger partial charge in [0.15, 0.2) is 0 Å². The lowest BCUT2D eigenvalue weighted by Gasteiger charge is -2.29. The second-order valence-corrected chi connectivity index (χ2v) is 10.9. The Kier molecular flexibility index (Phi) is 6.62. The highest BCUT2D eigenvalue weighted by Crippen LogP contribution is 2.30. The topological polar surface area (TPSA) is 57.7 Å². The van der Waals surface area contributed by atoms with Crippen LogP contribution in [0.3, 0.4) is 0 Å². The molecule has 0 bridgehead atoms. The van der Waals surface area contributed by atoms with Crippen LogP contribution < -0.4 is 4.90 Å². The van der Waals surface area contributed by atoms with Crippen molar-refractivity contribution in [3.8, 4) is 0 Å². The largest absolute Gasteiger partial charge is 0.308 e. The number of carbonyl (C=O) groups excluding carboxylic acids is 3. The summed E-state index contributed by atoms with van der Waals surface area (Å²) in [6.45, 7) is 9.04. The molecule has 4 aromatic carbocycles. The summed E-state index contributed by atoms with van der Waals surface area (Å²) in [5, 5.41) is 1.60. The molecule has 0 aliphatic carbocycles. The zero-order chi connectivity index (χ0) is 27.0. The molecule has 192 valence electrons. The van der Waals surface area contributed by atoms with Gasteiger partial charge in [0.25, 0.3) is 17.7 Å². The number of hydrogen-bond acceptors (Lipinski definition) is 3. The fourth-order valence-corrected chi connectivity index (χ4v) is 5.01. The zero-order valence-corrected chi connectivity index (χ0v) is 22.3. The van der Waals surface area contributed by atoms with Crippen molar-refractivity contribution in [2.45, 2.75) is 39.5 Å². The van der Waals surface area contributed by atoms with Crippen LogP contribution in [0.15, 0.2) is 84.9 Å². The van der Waals surface area contributed by atoms with E-state index in [-0.39, 0.29) is 29.7 Å². The second-order valence-electron chi connectivity index (χ2n) is 10.9. The third-order valence-electron chi connectivity index (χ3n) is 7.21. The maximum atomic E-state index is 13.6. The number of aryl methyl sites for hydroxylation is 1. The van der Waals surface area contributed by atoms with E-state index in [2.05, 4.69) is 32.9 Å². The first-order valence-electron chi connectivity index (χ1n) is 13.0. The normalized spacial score (nSPS) is 13.2. The van der Waals surface area contributed by atoms with Gasteiger partial charge in [0.1, 0.15) is 0 Å². The van der Waals surface area contributed by atoms with Crippen molar-refractivity contribution in [2.75, 3.05) is 18.0 Å². The van der Waals surface area contributed by atoms with Gasteiger partial charge in [-0.05, 0) is 66.1 Å². The summed E-state index contributed by atoms with van der Waals surface area (Å²) in [5.74, 6) is -0.685. The Balaban J connectivity index is 1.39. The lowest BCUT2D eigenvalue weighted by atomic mass is 9.87. The SMILES string of the molecule is Cc1ccc(C(=O)N(CCCN2C(=O)c3cccc4cccc(c34)C2=O)c2ccc(C(C)(C)C)cc2)cc1. The molecule has 1 aliphatic heterocycles. The number of nitrogens with zero attached hydrogens (tertiary/aromatic N) is 2. The van der Waals surface area contributed by atoms with E-state index in [0.717, 1.165) is 22.0 Å². The molecule has 0 saturated heterocycles. The highest BCUT2D eigenvalue weighted by molar-refractivity contribution is 6.25. The highest BCUT2D eigenvalue weighted by Gasteiger charge is 2.32. The Bertz CT molecular complexity index is 1480. The van der Waals surface area contributed by atoms with E-state index in [0.29, 0.717) is 29.7 Å². The van der Waals surface area contributed by atoms with Crippen LogP contribution in [-0.2, 0) is 5.41 Å². The van der Waals surface area contributed by atoms with E-state index in [9.17, 15) is 14.4 Å². The standard InChI is InChI=1S/C33H32N2O3/c1-22-12-14-24(15-13-22)30(36)34(26-18-16-25(17-19-26)33(2,3)4)20-7-21-35-31(37)27-10-5-8-23-9-6-11-28(29(23)27)32(35)38/h5-6,8-19H,7,20-21H2,1-4H3. The molecule has 0 aromatic heterocycles. The van der Waals surface area contributed by atoms with Crippen LogP contribution in [0.2, 0.25) is 0 Å². The Morgan fingerprint density at radius 2 is 1.37 bits per heavy atom. The van der Waals surface area contributed by atoms with Crippen molar-refractivity contribution in [1.29, 1.82) is 0 Å². The summed E-state index contributed by atoms with van der Waals surface area (Å²) in [6, 6.07) is 26.7. The fraction of sp³-hybridized carbons (Fsp3) is 0.242. The van der Waals surface area contributed by atoms with Gasteiger partial charge in [-0.2, -0.15) is 0 Å². The summed E-state index contributed by atoms with van der Waals surface area (Å²) in [5.41, 5.74) is 4.74. The summed E-state index contributed by atoms with van der Waals surface area (Å²) in [4.78, 5) is 43.3. The predicted molar refractivity (Wildman–Crippen MR) is 152 cm³/mol. The number of anilines is 1. The van der Waals surface area contributed by atoms with Crippen LogP contribution in [0.5, 0.6) is 0 Å². The predicted octanol–water partition coefficient (Wildman–Crippen LogP) is 6.78. The number of benzene rings is 4. The van der Waals surface area contributed by atoms with Gasteiger partial charge in [0.05, 0.1) is 0 Å². The molecule has 1 heterocycles. The molecule has 5 heteroatoms. The van der Waals surface area contributed by atoms with Crippen LogP contribution in [0.25, 0.3) is 10.8 Å². The summed E-state index contributed by atoms with van der Waals surface area (Å²) in [6.07, 6.45) is 0.453. The van der Waals surface area contributed by atoms with E-state index in [4.69, 9.17) is 0 Å². The van der Waals surface area contributed by atoms with Crippen molar-refractivity contribution >= 4 is 34.2 Å². The smallest absolute Gasteiger partial charge is 0.261 e. The second kappa shape index (κ2) is 9.90. The Morgan fingerprint density at radius 3 is 1.92 bits per heavy atom. The first kappa shape index (κ1) is 25.4. The molecule has 4 aromatic rings. The van der Waals surface area contributed by atoms with Crippen LogP contribution >= 0.6 is 0 Å². The fourth-order valence-electron chi connectivity index (χ4n) is 5.01. The minimum absolute atomic E-state index is 0.00153. The monoisotopic (exact) mass is 504 g/mol. The molecular formula is C33H32N2O3. The average Bonchev–Trinajstić information content (AvgIpc) is 2.91. The van der Waals surface area contributed by atoms with Gasteiger partial charge in [-0.1, -0.05) is 74.9 Å². The number of carbonyl (C=O) groups is 3. The van der Waals surface area contributed by atoms with Gasteiger partial charge in [-0.3, -0.25) is 19.3 Å². The quantitative estimate of drug-likeness (QED) is 0.272. The Morgan fingerprint density at radius 1 is 0.789 bits per heavy atom. The molecule has 0 radical (unpaired) electrons. The van der Waals surface area contributed by atoms with Crippen molar-refractivity contribution in [2.24, 2.45) is 0 Å². The Labute approximate surface area is 223 Å². The Hall–Kier alpha value is -4.25. The molecule has 0 N–H and O–H groups in total. The number of imide groups is 1. The van der Waals surface area contributed by atoms with Gasteiger partial charge in [0.2, 0.25) is 0 Å².